The Labute approximate surface area is 139 Å². The maximum atomic E-state index is 13.6. The van der Waals surface area contributed by atoms with E-state index in [4.69, 9.17) is 0 Å². The van der Waals surface area contributed by atoms with Gasteiger partial charge in [0.05, 0.1) is 11.7 Å². The number of anilines is 1. The minimum absolute atomic E-state index is 0.0678. The Kier molecular flexibility index (Phi) is 4.15. The molecular weight excluding hydrogens is 362 g/mol. The molecule has 0 fully saturated rings. The van der Waals surface area contributed by atoms with E-state index in [1.807, 2.05) is 0 Å². The molecule has 0 aliphatic carbocycles. The number of sulfone groups is 1. The van der Waals surface area contributed by atoms with Gasteiger partial charge in [0.1, 0.15) is 10.7 Å². The zero-order valence-corrected chi connectivity index (χ0v) is 13.2. The summed E-state index contributed by atoms with van der Waals surface area (Å²) in [5, 5.41) is 8.92. The summed E-state index contributed by atoms with van der Waals surface area (Å²) in [5.41, 5.74) is -5.01. The largest absolute Gasteiger partial charge is 0.501 e. The van der Waals surface area contributed by atoms with Crippen molar-refractivity contribution in [3.05, 3.63) is 54.0 Å². The highest BCUT2D eigenvalue weighted by Crippen LogP contribution is 2.36. The highest BCUT2D eigenvalue weighted by molar-refractivity contribution is 7.92. The molecule has 3 aromatic rings. The maximum Gasteiger partial charge on any atom is 0.501 e. The number of fused-ring (bicyclic) bond motifs is 1. The lowest BCUT2D eigenvalue weighted by molar-refractivity contribution is -0.0435. The third-order valence-corrected chi connectivity index (χ3v) is 5.13. The van der Waals surface area contributed by atoms with E-state index in [1.54, 1.807) is 12.1 Å². The highest BCUT2D eigenvalue weighted by atomic mass is 32.2. The first-order chi connectivity index (χ1) is 11.7. The van der Waals surface area contributed by atoms with Gasteiger partial charge in [-0.1, -0.05) is 18.2 Å². The summed E-state index contributed by atoms with van der Waals surface area (Å²) < 4.78 is 75.3. The number of benzene rings is 2. The summed E-state index contributed by atoms with van der Waals surface area (Å²) in [4.78, 5) is -0.913. The number of nitrogens with zero attached hydrogens (tertiary/aromatic N) is 1. The molecule has 5 nitrogen and oxygen atoms in total. The van der Waals surface area contributed by atoms with E-state index in [2.05, 4.69) is 15.5 Å². The summed E-state index contributed by atoms with van der Waals surface area (Å²) in [5.74, 6) is -0.435. The third kappa shape index (κ3) is 3.04. The Morgan fingerprint density at radius 3 is 2.52 bits per heavy atom. The monoisotopic (exact) mass is 373 g/mol. The SMILES string of the molecule is O=S(=O)(c1ccc(NCc2ccccc2F)c2cn[nH]c12)C(F)(F)F. The molecule has 1 aromatic heterocycles. The van der Waals surface area contributed by atoms with Crippen LogP contribution in [0.25, 0.3) is 10.9 Å². The van der Waals surface area contributed by atoms with Crippen LogP contribution >= 0.6 is 0 Å². The van der Waals surface area contributed by atoms with Crippen molar-refractivity contribution in [2.24, 2.45) is 0 Å². The minimum atomic E-state index is -5.52. The van der Waals surface area contributed by atoms with Crippen molar-refractivity contribution in [3.63, 3.8) is 0 Å². The second-order valence-electron chi connectivity index (χ2n) is 5.16. The van der Waals surface area contributed by atoms with Crippen LogP contribution in [-0.2, 0) is 16.4 Å². The standard InChI is InChI=1S/C15H11F4N3O2S/c16-11-4-2-1-3-9(11)7-20-12-5-6-13(14-10(12)8-21-22-14)25(23,24)15(17,18)19/h1-6,8,20H,7H2,(H,21,22). The van der Waals surface area contributed by atoms with Gasteiger partial charge in [-0.15, -0.1) is 0 Å². The van der Waals surface area contributed by atoms with Crippen LogP contribution in [0.2, 0.25) is 0 Å². The van der Waals surface area contributed by atoms with Crippen LogP contribution in [-0.4, -0.2) is 24.1 Å². The zero-order chi connectivity index (χ0) is 18.2. The van der Waals surface area contributed by atoms with E-state index in [1.165, 1.54) is 24.4 Å². The zero-order valence-electron chi connectivity index (χ0n) is 12.4. The number of rotatable bonds is 4. The molecule has 0 saturated carbocycles. The molecular formula is C15H11F4N3O2S. The van der Waals surface area contributed by atoms with Crippen molar-refractivity contribution in [3.8, 4) is 0 Å². The van der Waals surface area contributed by atoms with Crippen LogP contribution < -0.4 is 5.32 Å². The van der Waals surface area contributed by atoms with Gasteiger partial charge in [0.2, 0.25) is 0 Å². The molecule has 0 amide bonds. The van der Waals surface area contributed by atoms with Crippen molar-refractivity contribution in [1.29, 1.82) is 0 Å². The molecule has 132 valence electrons. The highest BCUT2D eigenvalue weighted by Gasteiger charge is 2.48. The van der Waals surface area contributed by atoms with Gasteiger partial charge < -0.3 is 5.32 Å². The fraction of sp³-hybridized carbons (Fsp3) is 0.133. The topological polar surface area (TPSA) is 74.8 Å². The summed E-state index contributed by atoms with van der Waals surface area (Å²) in [6.45, 7) is 0.0678. The number of H-pyrrole nitrogens is 1. The van der Waals surface area contributed by atoms with Gasteiger partial charge in [0, 0.05) is 23.2 Å². The van der Waals surface area contributed by atoms with Crippen LogP contribution in [0.15, 0.2) is 47.5 Å². The lowest BCUT2D eigenvalue weighted by atomic mass is 10.2. The first kappa shape index (κ1) is 17.2. The average molecular weight is 373 g/mol. The van der Waals surface area contributed by atoms with Crippen LogP contribution in [0.1, 0.15) is 5.56 Å². The first-order valence-corrected chi connectivity index (χ1v) is 8.45. The summed E-state index contributed by atoms with van der Waals surface area (Å²) >= 11 is 0. The van der Waals surface area contributed by atoms with Gasteiger partial charge in [-0.25, -0.2) is 12.8 Å². The first-order valence-electron chi connectivity index (χ1n) is 6.96. The molecule has 0 saturated heterocycles. The van der Waals surface area contributed by atoms with E-state index in [9.17, 15) is 26.0 Å². The van der Waals surface area contributed by atoms with E-state index in [0.717, 1.165) is 6.07 Å². The molecule has 0 unspecified atom stereocenters. The quantitative estimate of drug-likeness (QED) is 0.685. The van der Waals surface area contributed by atoms with E-state index >= 15 is 0 Å². The number of hydrogen-bond acceptors (Lipinski definition) is 4. The van der Waals surface area contributed by atoms with Crippen molar-refractivity contribution >= 4 is 26.4 Å². The van der Waals surface area contributed by atoms with Crippen LogP contribution in [0, 0.1) is 5.82 Å². The van der Waals surface area contributed by atoms with Crippen LogP contribution in [0.4, 0.5) is 23.2 Å². The lowest BCUT2D eigenvalue weighted by Crippen LogP contribution is -2.23. The van der Waals surface area contributed by atoms with Crippen molar-refractivity contribution in [2.45, 2.75) is 16.9 Å². The molecule has 0 aliphatic heterocycles. The Balaban J connectivity index is 1.99. The lowest BCUT2D eigenvalue weighted by Gasteiger charge is -2.12. The Morgan fingerprint density at radius 2 is 1.84 bits per heavy atom. The predicted molar refractivity (Wildman–Crippen MR) is 83.1 cm³/mol. The Bertz CT molecular complexity index is 1030. The normalized spacial score (nSPS) is 12.5. The maximum absolute atomic E-state index is 13.6. The average Bonchev–Trinajstić information content (AvgIpc) is 3.02. The molecule has 0 aliphatic rings. The van der Waals surface area contributed by atoms with E-state index in [-0.39, 0.29) is 17.4 Å². The van der Waals surface area contributed by atoms with Gasteiger partial charge in [-0.05, 0) is 18.2 Å². The summed E-state index contributed by atoms with van der Waals surface area (Å²) in [6.07, 6.45) is 1.20. The molecule has 2 N–H and O–H groups in total. The number of aromatic nitrogens is 2. The van der Waals surface area contributed by atoms with E-state index < -0.39 is 26.1 Å². The molecule has 2 aromatic carbocycles. The summed E-state index contributed by atoms with van der Waals surface area (Å²) in [7, 11) is -5.52. The second kappa shape index (κ2) is 6.03. The second-order valence-corrected chi connectivity index (χ2v) is 7.07. The number of hydrogen-bond donors (Lipinski definition) is 2. The molecule has 0 atom stereocenters. The van der Waals surface area contributed by atoms with E-state index in [0.29, 0.717) is 11.3 Å². The molecule has 1 heterocycles. The predicted octanol–water partition coefficient (Wildman–Crippen LogP) is 3.61. The van der Waals surface area contributed by atoms with Gasteiger partial charge in [-0.3, -0.25) is 5.10 Å². The molecule has 10 heteroatoms. The van der Waals surface area contributed by atoms with Crippen molar-refractivity contribution in [2.75, 3.05) is 5.32 Å². The number of aromatic amines is 1. The third-order valence-electron chi connectivity index (χ3n) is 3.60. The Hall–Kier alpha value is -2.62. The number of alkyl halides is 3. The van der Waals surface area contributed by atoms with Crippen molar-refractivity contribution < 1.29 is 26.0 Å². The fourth-order valence-corrected chi connectivity index (χ4v) is 3.27. The van der Waals surface area contributed by atoms with Crippen molar-refractivity contribution in [1.82, 2.24) is 10.2 Å². The molecule has 25 heavy (non-hydrogen) atoms. The minimum Gasteiger partial charge on any atom is -0.380 e. The van der Waals surface area contributed by atoms with Crippen LogP contribution in [0.5, 0.6) is 0 Å². The number of halogens is 4. The molecule has 3 rings (SSSR count). The Morgan fingerprint density at radius 1 is 1.12 bits per heavy atom. The smallest absolute Gasteiger partial charge is 0.380 e. The van der Waals surface area contributed by atoms with Gasteiger partial charge in [-0.2, -0.15) is 18.3 Å². The fourth-order valence-electron chi connectivity index (χ4n) is 2.35. The van der Waals surface area contributed by atoms with Gasteiger partial charge in [0.15, 0.2) is 0 Å². The molecule has 0 radical (unpaired) electrons. The molecule has 0 bridgehead atoms. The van der Waals surface area contributed by atoms with Gasteiger partial charge in [0.25, 0.3) is 9.84 Å². The van der Waals surface area contributed by atoms with Crippen LogP contribution in [0.3, 0.4) is 0 Å². The summed E-state index contributed by atoms with van der Waals surface area (Å²) in [6, 6.07) is 8.04. The number of nitrogens with one attached hydrogen (secondary N) is 2. The molecule has 0 spiro atoms. The van der Waals surface area contributed by atoms with Gasteiger partial charge >= 0.3 is 5.51 Å².